The molecule has 152 valence electrons. The predicted octanol–water partition coefficient (Wildman–Crippen LogP) is 2.17. The quantitative estimate of drug-likeness (QED) is 0.637. The number of nitrogens with zero attached hydrogens (tertiary/aromatic N) is 6. The van der Waals surface area contributed by atoms with E-state index < -0.39 is 0 Å². The van der Waals surface area contributed by atoms with Gasteiger partial charge in [0.1, 0.15) is 12.1 Å². The summed E-state index contributed by atoms with van der Waals surface area (Å²) < 4.78 is 7.08. The summed E-state index contributed by atoms with van der Waals surface area (Å²) in [5.41, 5.74) is 1.87. The molecule has 0 aliphatic carbocycles. The third-order valence-corrected chi connectivity index (χ3v) is 5.46. The Labute approximate surface area is 170 Å². The Morgan fingerprint density at radius 1 is 1.21 bits per heavy atom. The lowest BCUT2D eigenvalue weighted by molar-refractivity contribution is -0.137. The second-order valence-electron chi connectivity index (χ2n) is 7.81. The van der Waals surface area contributed by atoms with Crippen LogP contribution in [0.2, 0.25) is 0 Å². The van der Waals surface area contributed by atoms with Crippen molar-refractivity contribution in [3.05, 3.63) is 60.3 Å². The number of rotatable bonds is 6. The van der Waals surface area contributed by atoms with E-state index in [0.717, 1.165) is 43.2 Å². The van der Waals surface area contributed by atoms with Crippen molar-refractivity contribution in [2.24, 2.45) is 5.92 Å². The number of aromatic nitrogens is 4. The number of furan rings is 1. The van der Waals surface area contributed by atoms with Crippen molar-refractivity contribution in [2.45, 2.75) is 32.9 Å². The number of hydrogen-bond donors (Lipinski definition) is 0. The molecule has 8 nitrogen and oxygen atoms in total. The molecule has 3 heterocycles. The molecule has 1 aliphatic rings. The Balaban J connectivity index is 1.39. The number of hydrogen-bond acceptors (Lipinski definition) is 6. The minimum Gasteiger partial charge on any atom is -0.468 e. The first-order chi connectivity index (χ1) is 14.1. The van der Waals surface area contributed by atoms with E-state index in [1.807, 2.05) is 36.4 Å². The minimum absolute atomic E-state index is 0.177. The molecule has 8 heteroatoms. The fourth-order valence-electron chi connectivity index (χ4n) is 3.84. The molecule has 0 bridgehead atoms. The van der Waals surface area contributed by atoms with Crippen molar-refractivity contribution >= 4 is 5.91 Å². The molecule has 4 rings (SSSR count). The third kappa shape index (κ3) is 4.54. The van der Waals surface area contributed by atoms with Crippen LogP contribution in [0.3, 0.4) is 0 Å². The maximum Gasteiger partial charge on any atom is 0.227 e. The van der Waals surface area contributed by atoms with Crippen molar-refractivity contribution in [3.63, 3.8) is 0 Å². The molecule has 1 fully saturated rings. The number of benzene rings is 1. The minimum atomic E-state index is 0.177. The molecule has 0 N–H and O–H groups in total. The van der Waals surface area contributed by atoms with Crippen molar-refractivity contribution in [3.8, 4) is 5.69 Å². The van der Waals surface area contributed by atoms with Gasteiger partial charge in [0.2, 0.25) is 5.91 Å². The lowest BCUT2D eigenvalue weighted by Crippen LogP contribution is -2.57. The van der Waals surface area contributed by atoms with Crippen LogP contribution in [0.25, 0.3) is 5.69 Å². The molecule has 29 heavy (non-hydrogen) atoms. The lowest BCUT2D eigenvalue weighted by atomic mass is 9.98. The van der Waals surface area contributed by atoms with Crippen molar-refractivity contribution in [1.82, 2.24) is 30.0 Å². The monoisotopic (exact) mass is 394 g/mol. The van der Waals surface area contributed by atoms with E-state index in [2.05, 4.69) is 39.2 Å². The molecule has 1 aromatic carbocycles. The molecule has 1 atom stereocenters. The van der Waals surface area contributed by atoms with Crippen LogP contribution in [0.1, 0.15) is 25.2 Å². The zero-order chi connectivity index (χ0) is 20.2. The highest BCUT2D eigenvalue weighted by Crippen LogP contribution is 2.21. The van der Waals surface area contributed by atoms with Gasteiger partial charge in [0, 0.05) is 25.7 Å². The SMILES string of the molecule is CC(C)[C@H]1CN(Cc2ccco2)CCN1C(=O)Cc1ccc(-n2cnnn2)cc1. The highest BCUT2D eigenvalue weighted by molar-refractivity contribution is 5.79. The summed E-state index contributed by atoms with van der Waals surface area (Å²) in [6.07, 6.45) is 3.66. The van der Waals surface area contributed by atoms with Gasteiger partial charge in [-0.15, -0.1) is 5.10 Å². The molecule has 0 unspecified atom stereocenters. The molecule has 1 aliphatic heterocycles. The summed E-state index contributed by atoms with van der Waals surface area (Å²) in [4.78, 5) is 17.5. The van der Waals surface area contributed by atoms with E-state index in [4.69, 9.17) is 4.42 Å². The Morgan fingerprint density at radius 3 is 2.69 bits per heavy atom. The first-order valence-corrected chi connectivity index (χ1v) is 9.96. The van der Waals surface area contributed by atoms with Crippen molar-refractivity contribution in [2.75, 3.05) is 19.6 Å². The van der Waals surface area contributed by atoms with Crippen LogP contribution in [0, 0.1) is 5.92 Å². The van der Waals surface area contributed by atoms with Crippen LogP contribution in [0.5, 0.6) is 0 Å². The Hall–Kier alpha value is -3.00. The predicted molar refractivity (Wildman–Crippen MR) is 107 cm³/mol. The van der Waals surface area contributed by atoms with Crippen LogP contribution >= 0.6 is 0 Å². The first kappa shape index (κ1) is 19.3. The van der Waals surface area contributed by atoms with E-state index in [1.165, 1.54) is 0 Å². The van der Waals surface area contributed by atoms with Gasteiger partial charge in [0.15, 0.2) is 0 Å². The van der Waals surface area contributed by atoms with Crippen molar-refractivity contribution in [1.29, 1.82) is 0 Å². The molecule has 0 radical (unpaired) electrons. The van der Waals surface area contributed by atoms with Crippen molar-refractivity contribution < 1.29 is 9.21 Å². The standard InChI is InChI=1S/C21H26N6O2/c1-16(2)20-14-25(13-19-4-3-11-29-19)9-10-26(20)21(28)12-17-5-7-18(8-6-17)27-15-22-23-24-27/h3-8,11,15-16,20H,9-10,12-14H2,1-2H3/t20-/m1/s1. The van der Waals surface area contributed by atoms with Crippen LogP contribution in [0.15, 0.2) is 53.4 Å². The largest absolute Gasteiger partial charge is 0.468 e. The highest BCUT2D eigenvalue weighted by atomic mass is 16.3. The maximum absolute atomic E-state index is 13.1. The molecule has 1 saturated heterocycles. The summed E-state index contributed by atoms with van der Waals surface area (Å²) in [6.45, 7) is 7.61. The van der Waals surface area contributed by atoms with Crippen LogP contribution in [-0.2, 0) is 17.8 Å². The van der Waals surface area contributed by atoms with Gasteiger partial charge in [0.25, 0.3) is 0 Å². The van der Waals surface area contributed by atoms with Crippen LogP contribution in [0.4, 0.5) is 0 Å². The van der Waals surface area contributed by atoms with Gasteiger partial charge in [-0.05, 0) is 46.2 Å². The second-order valence-corrected chi connectivity index (χ2v) is 7.81. The van der Waals surface area contributed by atoms with E-state index in [9.17, 15) is 4.79 Å². The average molecular weight is 394 g/mol. The molecular weight excluding hydrogens is 368 g/mol. The number of amides is 1. The van der Waals surface area contributed by atoms with E-state index in [1.54, 1.807) is 17.3 Å². The number of piperazine rings is 1. The van der Waals surface area contributed by atoms with Gasteiger partial charge < -0.3 is 9.32 Å². The first-order valence-electron chi connectivity index (χ1n) is 9.96. The van der Waals surface area contributed by atoms with Gasteiger partial charge in [-0.25, -0.2) is 4.68 Å². The highest BCUT2D eigenvalue weighted by Gasteiger charge is 2.32. The van der Waals surface area contributed by atoms with E-state index in [0.29, 0.717) is 12.3 Å². The Bertz CT molecular complexity index is 905. The van der Waals surface area contributed by atoms with Gasteiger partial charge in [0.05, 0.1) is 24.9 Å². The summed E-state index contributed by atoms with van der Waals surface area (Å²) in [6, 6.07) is 11.9. The molecule has 3 aromatic rings. The average Bonchev–Trinajstić information content (AvgIpc) is 3.42. The van der Waals surface area contributed by atoms with Gasteiger partial charge in [-0.1, -0.05) is 26.0 Å². The normalized spacial score (nSPS) is 17.8. The summed E-state index contributed by atoms with van der Waals surface area (Å²) in [5.74, 6) is 1.53. The lowest BCUT2D eigenvalue weighted by Gasteiger charge is -2.43. The van der Waals surface area contributed by atoms with Gasteiger partial charge in [-0.3, -0.25) is 9.69 Å². The number of carbonyl (C=O) groups is 1. The molecule has 0 saturated carbocycles. The fraction of sp³-hybridized carbons (Fsp3) is 0.429. The molecule has 1 amide bonds. The van der Waals surface area contributed by atoms with E-state index in [-0.39, 0.29) is 11.9 Å². The van der Waals surface area contributed by atoms with Gasteiger partial charge in [-0.2, -0.15) is 0 Å². The van der Waals surface area contributed by atoms with Crippen LogP contribution < -0.4 is 0 Å². The number of carbonyl (C=O) groups excluding carboxylic acids is 1. The topological polar surface area (TPSA) is 80.3 Å². The second kappa shape index (κ2) is 8.57. The molecular formula is C21H26N6O2. The Morgan fingerprint density at radius 2 is 2.03 bits per heavy atom. The number of tetrazole rings is 1. The summed E-state index contributed by atoms with van der Waals surface area (Å²) >= 11 is 0. The summed E-state index contributed by atoms with van der Waals surface area (Å²) in [7, 11) is 0. The van der Waals surface area contributed by atoms with Gasteiger partial charge >= 0.3 is 0 Å². The zero-order valence-electron chi connectivity index (χ0n) is 16.8. The molecule has 0 spiro atoms. The van der Waals surface area contributed by atoms with Crippen LogP contribution in [-0.4, -0.2) is 61.6 Å². The maximum atomic E-state index is 13.1. The van der Waals surface area contributed by atoms with E-state index >= 15 is 0 Å². The fourth-order valence-corrected chi connectivity index (χ4v) is 3.84. The summed E-state index contributed by atoms with van der Waals surface area (Å²) in [5, 5.41) is 11.2. The third-order valence-electron chi connectivity index (χ3n) is 5.46. The Kier molecular flexibility index (Phi) is 5.71. The zero-order valence-corrected chi connectivity index (χ0v) is 16.8. The smallest absolute Gasteiger partial charge is 0.227 e. The molecule has 2 aromatic heterocycles.